The van der Waals surface area contributed by atoms with Crippen LogP contribution in [-0.2, 0) is 10.2 Å². The van der Waals surface area contributed by atoms with Crippen molar-refractivity contribution in [1.82, 2.24) is 15.5 Å². The maximum atomic E-state index is 5.40. The topological polar surface area (TPSA) is 48.9 Å². The van der Waals surface area contributed by atoms with Gasteiger partial charge in [0, 0.05) is 31.6 Å². The molecule has 25 heavy (non-hydrogen) atoms. The van der Waals surface area contributed by atoms with Crippen LogP contribution in [0.2, 0.25) is 0 Å². The molecule has 2 fully saturated rings. The van der Waals surface area contributed by atoms with E-state index in [-0.39, 0.29) is 5.41 Å². The highest BCUT2D eigenvalue weighted by atomic mass is 16.5. The number of ether oxygens (including phenoxy) is 1. The number of aliphatic imine (C=N–C) groups is 1. The predicted octanol–water partition coefficient (Wildman–Crippen LogP) is 2.00. The Balaban J connectivity index is 1.44. The molecule has 1 aliphatic heterocycles. The molecule has 0 radical (unpaired) electrons. The van der Waals surface area contributed by atoms with E-state index in [9.17, 15) is 0 Å². The van der Waals surface area contributed by atoms with Gasteiger partial charge in [0.05, 0.1) is 19.8 Å². The third-order valence-corrected chi connectivity index (χ3v) is 5.17. The standard InChI is InChI=1S/C20H32N4O/c1-2-21-19(22-11-6-12-24-13-15-25-16-14-24)23-17-20(9-10-20)18-7-4-3-5-8-18/h3-5,7-8H,2,6,9-17H2,1H3,(H2,21,22,23). The van der Waals surface area contributed by atoms with Gasteiger partial charge < -0.3 is 15.4 Å². The van der Waals surface area contributed by atoms with Crippen molar-refractivity contribution in [3.63, 3.8) is 0 Å². The summed E-state index contributed by atoms with van der Waals surface area (Å²) in [6, 6.07) is 10.8. The minimum Gasteiger partial charge on any atom is -0.379 e. The van der Waals surface area contributed by atoms with Crippen LogP contribution in [-0.4, -0.2) is 63.3 Å². The Morgan fingerprint density at radius 2 is 1.92 bits per heavy atom. The molecule has 0 atom stereocenters. The zero-order valence-electron chi connectivity index (χ0n) is 15.5. The number of nitrogens with one attached hydrogen (secondary N) is 2. The number of nitrogens with zero attached hydrogens (tertiary/aromatic N) is 2. The first-order valence-corrected chi connectivity index (χ1v) is 9.70. The molecule has 0 aromatic heterocycles. The van der Waals surface area contributed by atoms with Crippen molar-refractivity contribution in [2.75, 3.05) is 52.5 Å². The van der Waals surface area contributed by atoms with E-state index in [0.29, 0.717) is 0 Å². The van der Waals surface area contributed by atoms with E-state index >= 15 is 0 Å². The lowest BCUT2D eigenvalue weighted by Crippen LogP contribution is -2.41. The first-order valence-electron chi connectivity index (χ1n) is 9.70. The van der Waals surface area contributed by atoms with Gasteiger partial charge in [-0.15, -0.1) is 0 Å². The van der Waals surface area contributed by atoms with E-state index in [1.807, 2.05) is 0 Å². The van der Waals surface area contributed by atoms with Gasteiger partial charge in [-0.1, -0.05) is 30.3 Å². The fourth-order valence-electron chi connectivity index (χ4n) is 3.39. The van der Waals surface area contributed by atoms with Gasteiger partial charge in [-0.3, -0.25) is 9.89 Å². The Kier molecular flexibility index (Phi) is 6.70. The van der Waals surface area contributed by atoms with Gasteiger partial charge in [-0.2, -0.15) is 0 Å². The molecule has 1 saturated heterocycles. The molecule has 3 rings (SSSR count). The van der Waals surface area contributed by atoms with Crippen LogP contribution in [0.3, 0.4) is 0 Å². The second kappa shape index (κ2) is 9.20. The SMILES string of the molecule is CCNC(=NCC1(c2ccccc2)CC1)NCCCN1CCOCC1. The van der Waals surface area contributed by atoms with Crippen LogP contribution in [0.25, 0.3) is 0 Å². The first kappa shape index (κ1) is 18.2. The highest BCUT2D eigenvalue weighted by molar-refractivity contribution is 5.79. The number of morpholine rings is 1. The minimum atomic E-state index is 0.275. The van der Waals surface area contributed by atoms with Crippen LogP contribution in [0, 0.1) is 0 Å². The summed E-state index contributed by atoms with van der Waals surface area (Å²) in [5, 5.41) is 6.87. The molecule has 1 saturated carbocycles. The lowest BCUT2D eigenvalue weighted by Gasteiger charge is -2.26. The van der Waals surface area contributed by atoms with Gasteiger partial charge in [0.1, 0.15) is 0 Å². The van der Waals surface area contributed by atoms with Crippen molar-refractivity contribution >= 4 is 5.96 Å². The van der Waals surface area contributed by atoms with Crippen LogP contribution >= 0.6 is 0 Å². The third kappa shape index (κ3) is 5.44. The summed E-state index contributed by atoms with van der Waals surface area (Å²) in [6.45, 7) is 9.85. The molecule has 1 aromatic rings. The van der Waals surface area contributed by atoms with Gasteiger partial charge >= 0.3 is 0 Å². The van der Waals surface area contributed by atoms with Crippen LogP contribution in [0.5, 0.6) is 0 Å². The molecule has 5 nitrogen and oxygen atoms in total. The molecule has 0 bridgehead atoms. The van der Waals surface area contributed by atoms with E-state index in [0.717, 1.165) is 64.9 Å². The molecule has 1 aromatic carbocycles. The Morgan fingerprint density at radius 1 is 1.16 bits per heavy atom. The van der Waals surface area contributed by atoms with Crippen molar-refractivity contribution in [2.24, 2.45) is 4.99 Å². The van der Waals surface area contributed by atoms with E-state index in [2.05, 4.69) is 52.8 Å². The highest BCUT2D eigenvalue weighted by Crippen LogP contribution is 2.48. The second-order valence-electron chi connectivity index (χ2n) is 7.08. The third-order valence-electron chi connectivity index (χ3n) is 5.17. The molecule has 5 heteroatoms. The molecule has 2 N–H and O–H groups in total. The number of benzene rings is 1. The number of hydrogen-bond acceptors (Lipinski definition) is 3. The average Bonchev–Trinajstić information content (AvgIpc) is 3.46. The van der Waals surface area contributed by atoms with E-state index in [1.165, 1.54) is 18.4 Å². The van der Waals surface area contributed by atoms with Crippen LogP contribution in [0.1, 0.15) is 31.7 Å². The Hall–Kier alpha value is -1.59. The molecule has 138 valence electrons. The van der Waals surface area contributed by atoms with Gasteiger partial charge in [-0.05, 0) is 38.3 Å². The average molecular weight is 345 g/mol. The molecule has 1 aliphatic carbocycles. The van der Waals surface area contributed by atoms with E-state index in [4.69, 9.17) is 9.73 Å². The summed E-state index contributed by atoms with van der Waals surface area (Å²) in [7, 11) is 0. The predicted molar refractivity (Wildman–Crippen MR) is 103 cm³/mol. The summed E-state index contributed by atoms with van der Waals surface area (Å²) in [5.41, 5.74) is 1.71. The van der Waals surface area contributed by atoms with Crippen molar-refractivity contribution in [1.29, 1.82) is 0 Å². The van der Waals surface area contributed by atoms with Gasteiger partial charge in [0.15, 0.2) is 5.96 Å². The summed E-state index contributed by atoms with van der Waals surface area (Å²) in [6.07, 6.45) is 3.63. The van der Waals surface area contributed by atoms with Crippen LogP contribution in [0.15, 0.2) is 35.3 Å². The molecular weight excluding hydrogens is 312 g/mol. The van der Waals surface area contributed by atoms with E-state index in [1.54, 1.807) is 0 Å². The molecule has 0 unspecified atom stereocenters. The second-order valence-corrected chi connectivity index (χ2v) is 7.08. The Labute approximate surface area is 151 Å². The normalized spacial score (nSPS) is 20.3. The van der Waals surface area contributed by atoms with Crippen molar-refractivity contribution < 1.29 is 4.74 Å². The number of hydrogen-bond donors (Lipinski definition) is 2. The van der Waals surface area contributed by atoms with Crippen molar-refractivity contribution in [3.8, 4) is 0 Å². The molecule has 1 heterocycles. The zero-order valence-corrected chi connectivity index (χ0v) is 15.5. The number of guanidine groups is 1. The lowest BCUT2D eigenvalue weighted by atomic mass is 9.96. The smallest absolute Gasteiger partial charge is 0.191 e. The summed E-state index contributed by atoms with van der Waals surface area (Å²) >= 11 is 0. The van der Waals surface area contributed by atoms with E-state index < -0.39 is 0 Å². The maximum absolute atomic E-state index is 5.40. The molecule has 2 aliphatic rings. The van der Waals surface area contributed by atoms with Gasteiger partial charge in [0.2, 0.25) is 0 Å². The Morgan fingerprint density at radius 3 is 2.60 bits per heavy atom. The molecule has 0 amide bonds. The Bertz CT molecular complexity index is 536. The van der Waals surface area contributed by atoms with Gasteiger partial charge in [-0.25, -0.2) is 0 Å². The zero-order chi connectivity index (χ0) is 17.4. The number of rotatable bonds is 8. The largest absolute Gasteiger partial charge is 0.379 e. The minimum absolute atomic E-state index is 0.275. The summed E-state index contributed by atoms with van der Waals surface area (Å²) < 4.78 is 5.40. The van der Waals surface area contributed by atoms with Crippen LogP contribution in [0.4, 0.5) is 0 Å². The quantitative estimate of drug-likeness (QED) is 0.430. The summed E-state index contributed by atoms with van der Waals surface area (Å²) in [5.74, 6) is 0.951. The molecular formula is C20H32N4O. The summed E-state index contributed by atoms with van der Waals surface area (Å²) in [4.78, 5) is 7.35. The monoisotopic (exact) mass is 344 g/mol. The van der Waals surface area contributed by atoms with Crippen LogP contribution < -0.4 is 10.6 Å². The molecule has 0 spiro atoms. The fourth-order valence-corrected chi connectivity index (χ4v) is 3.39. The van der Waals surface area contributed by atoms with Crippen molar-refractivity contribution in [2.45, 2.75) is 31.6 Å². The van der Waals surface area contributed by atoms with Gasteiger partial charge in [0.25, 0.3) is 0 Å². The van der Waals surface area contributed by atoms with Crippen molar-refractivity contribution in [3.05, 3.63) is 35.9 Å². The fraction of sp³-hybridized carbons (Fsp3) is 0.650. The lowest BCUT2D eigenvalue weighted by molar-refractivity contribution is 0.0376. The highest BCUT2D eigenvalue weighted by Gasteiger charge is 2.43. The maximum Gasteiger partial charge on any atom is 0.191 e. The first-order chi connectivity index (χ1) is 12.3.